The highest BCUT2D eigenvalue weighted by molar-refractivity contribution is 5.83. The van der Waals surface area contributed by atoms with Crippen LogP contribution in [0.15, 0.2) is 30.5 Å². The molecule has 0 unspecified atom stereocenters. The third kappa shape index (κ3) is 3.01. The van der Waals surface area contributed by atoms with Gasteiger partial charge in [-0.05, 0) is 42.5 Å². The summed E-state index contributed by atoms with van der Waals surface area (Å²) in [5.41, 5.74) is 2.81. The van der Waals surface area contributed by atoms with E-state index in [4.69, 9.17) is 5.26 Å². The quantitative estimate of drug-likeness (QED) is 0.917. The molecule has 1 fully saturated rings. The first-order valence-corrected chi connectivity index (χ1v) is 7.42. The van der Waals surface area contributed by atoms with E-state index in [2.05, 4.69) is 11.1 Å². The van der Waals surface area contributed by atoms with Crippen LogP contribution >= 0.6 is 0 Å². The summed E-state index contributed by atoms with van der Waals surface area (Å²) in [7, 11) is 0. The van der Waals surface area contributed by atoms with Crippen molar-refractivity contribution < 1.29 is 9.90 Å². The van der Waals surface area contributed by atoms with Crippen LogP contribution in [0.2, 0.25) is 0 Å². The van der Waals surface area contributed by atoms with Crippen LogP contribution in [0.5, 0.6) is 0 Å². The van der Waals surface area contributed by atoms with Gasteiger partial charge >= 0.3 is 6.09 Å². The molecule has 5 heteroatoms. The van der Waals surface area contributed by atoms with Gasteiger partial charge in [0.15, 0.2) is 0 Å². The molecule has 1 amide bonds. The lowest BCUT2D eigenvalue weighted by molar-refractivity contribution is 0.139. The van der Waals surface area contributed by atoms with Crippen molar-refractivity contribution in [3.8, 4) is 6.07 Å². The number of amides is 1. The van der Waals surface area contributed by atoms with E-state index in [1.165, 1.54) is 4.90 Å². The molecule has 0 atom stereocenters. The van der Waals surface area contributed by atoms with Crippen molar-refractivity contribution in [2.75, 3.05) is 0 Å². The predicted octanol–water partition coefficient (Wildman–Crippen LogP) is 3.33. The average Bonchev–Trinajstić information content (AvgIpc) is 3.34. The summed E-state index contributed by atoms with van der Waals surface area (Å²) in [6, 6.07) is 10.2. The van der Waals surface area contributed by atoms with Gasteiger partial charge in [-0.2, -0.15) is 5.26 Å². The molecule has 112 valence electrons. The number of nitriles is 1. The van der Waals surface area contributed by atoms with Crippen LogP contribution in [0.4, 0.5) is 4.79 Å². The lowest BCUT2D eigenvalue weighted by Gasteiger charge is -2.20. The topological polar surface area (TPSA) is 77.2 Å². The van der Waals surface area contributed by atoms with Crippen LogP contribution in [0, 0.1) is 11.3 Å². The summed E-state index contributed by atoms with van der Waals surface area (Å²) < 4.78 is 0. The molecule has 1 aliphatic carbocycles. The number of hydrogen-bond acceptors (Lipinski definition) is 3. The highest BCUT2D eigenvalue weighted by Crippen LogP contribution is 2.30. The number of aryl methyl sites for hydroxylation is 1. The number of fused-ring (bicyclic) bond motifs is 1. The minimum absolute atomic E-state index is 0.138. The Bertz CT molecular complexity index is 747. The number of aromatic nitrogens is 1. The number of benzene rings is 1. The highest BCUT2D eigenvalue weighted by atomic mass is 16.4. The maximum absolute atomic E-state index is 11.4. The van der Waals surface area contributed by atoms with Crippen LogP contribution in [-0.2, 0) is 13.0 Å². The van der Waals surface area contributed by atoms with Crippen LogP contribution in [-0.4, -0.2) is 27.1 Å². The zero-order valence-corrected chi connectivity index (χ0v) is 12.2. The largest absolute Gasteiger partial charge is 0.465 e. The maximum Gasteiger partial charge on any atom is 0.407 e. The second kappa shape index (κ2) is 6.02. The van der Waals surface area contributed by atoms with Crippen LogP contribution in [0.1, 0.15) is 30.4 Å². The molecule has 5 nitrogen and oxygen atoms in total. The number of nitrogens with zero attached hydrogens (tertiary/aromatic N) is 3. The molecule has 1 N–H and O–H groups in total. The first kappa shape index (κ1) is 14.3. The van der Waals surface area contributed by atoms with Gasteiger partial charge in [0.1, 0.15) is 0 Å². The molecule has 0 saturated heterocycles. The molecular formula is C17H17N3O2. The third-order valence-electron chi connectivity index (χ3n) is 3.94. The van der Waals surface area contributed by atoms with Crippen molar-refractivity contribution in [1.82, 2.24) is 9.88 Å². The monoisotopic (exact) mass is 295 g/mol. The van der Waals surface area contributed by atoms with Crippen molar-refractivity contribution in [3.63, 3.8) is 0 Å². The molecular weight excluding hydrogens is 278 g/mol. The first-order chi connectivity index (χ1) is 10.7. The maximum atomic E-state index is 11.4. The molecule has 0 aliphatic heterocycles. The second-order valence-corrected chi connectivity index (χ2v) is 5.63. The van der Waals surface area contributed by atoms with Crippen molar-refractivity contribution in [3.05, 3.63) is 41.6 Å². The fraction of sp³-hybridized carbons (Fsp3) is 0.353. The van der Waals surface area contributed by atoms with Crippen molar-refractivity contribution >= 4 is 17.0 Å². The van der Waals surface area contributed by atoms with Gasteiger partial charge in [-0.1, -0.05) is 12.1 Å². The molecule has 2 aromatic rings. The molecule has 1 aromatic carbocycles. The van der Waals surface area contributed by atoms with Gasteiger partial charge in [-0.25, -0.2) is 4.79 Å². The Morgan fingerprint density at radius 2 is 2.27 bits per heavy atom. The zero-order valence-electron chi connectivity index (χ0n) is 12.2. The Balaban J connectivity index is 1.98. The SMILES string of the molecule is N#CCCc1cc(CN(C(=O)O)C2CC2)c2ncccc2c1. The summed E-state index contributed by atoms with van der Waals surface area (Å²) in [6.45, 7) is 0.355. The molecule has 0 bridgehead atoms. The Morgan fingerprint density at radius 1 is 1.45 bits per heavy atom. The number of pyridine rings is 1. The van der Waals surface area contributed by atoms with Gasteiger partial charge in [0.25, 0.3) is 0 Å². The third-order valence-corrected chi connectivity index (χ3v) is 3.94. The highest BCUT2D eigenvalue weighted by Gasteiger charge is 2.32. The molecule has 1 saturated carbocycles. The van der Waals surface area contributed by atoms with Crippen LogP contribution < -0.4 is 0 Å². The summed E-state index contributed by atoms with van der Waals surface area (Å²) >= 11 is 0. The summed E-state index contributed by atoms with van der Waals surface area (Å²) in [5.74, 6) is 0. The van der Waals surface area contributed by atoms with E-state index in [-0.39, 0.29) is 6.04 Å². The Hall–Kier alpha value is -2.61. The summed E-state index contributed by atoms with van der Waals surface area (Å²) in [4.78, 5) is 17.3. The van der Waals surface area contributed by atoms with Crippen molar-refractivity contribution in [1.29, 1.82) is 5.26 Å². The molecule has 1 heterocycles. The molecule has 22 heavy (non-hydrogen) atoms. The normalized spacial score (nSPS) is 13.8. The number of carbonyl (C=O) groups is 1. The van der Waals surface area contributed by atoms with Gasteiger partial charge in [0, 0.05) is 24.0 Å². The molecule has 1 aliphatic rings. The van der Waals surface area contributed by atoms with Crippen LogP contribution in [0.3, 0.4) is 0 Å². The fourth-order valence-corrected chi connectivity index (χ4v) is 2.72. The van der Waals surface area contributed by atoms with Gasteiger partial charge in [-0.15, -0.1) is 0 Å². The Kier molecular flexibility index (Phi) is 3.92. The van der Waals surface area contributed by atoms with E-state index in [9.17, 15) is 9.90 Å². The standard InChI is InChI=1S/C17H17N3O2/c18-7-1-3-12-9-13-4-2-8-19-16(13)14(10-12)11-20(17(21)22)15-5-6-15/h2,4,8-10,15H,1,3,5-6,11H2,(H,21,22). The van der Waals surface area contributed by atoms with E-state index >= 15 is 0 Å². The Morgan fingerprint density at radius 3 is 2.95 bits per heavy atom. The smallest absolute Gasteiger partial charge is 0.407 e. The van der Waals surface area contributed by atoms with E-state index in [1.807, 2.05) is 24.3 Å². The lowest BCUT2D eigenvalue weighted by atomic mass is 10.0. The van der Waals surface area contributed by atoms with E-state index in [0.29, 0.717) is 19.4 Å². The van der Waals surface area contributed by atoms with E-state index < -0.39 is 6.09 Å². The average molecular weight is 295 g/mol. The first-order valence-electron chi connectivity index (χ1n) is 7.42. The predicted molar refractivity (Wildman–Crippen MR) is 82.3 cm³/mol. The van der Waals surface area contributed by atoms with Crippen molar-refractivity contribution in [2.24, 2.45) is 0 Å². The minimum Gasteiger partial charge on any atom is -0.465 e. The van der Waals surface area contributed by atoms with E-state index in [0.717, 1.165) is 34.9 Å². The van der Waals surface area contributed by atoms with Gasteiger partial charge in [-0.3, -0.25) is 4.98 Å². The summed E-state index contributed by atoms with van der Waals surface area (Å²) in [5, 5.41) is 19.1. The minimum atomic E-state index is -0.881. The molecule has 0 radical (unpaired) electrons. The summed E-state index contributed by atoms with van der Waals surface area (Å²) in [6.07, 6.45) is 3.84. The molecule has 0 spiro atoms. The fourth-order valence-electron chi connectivity index (χ4n) is 2.72. The number of carboxylic acid groups (broad SMARTS) is 1. The van der Waals surface area contributed by atoms with Crippen molar-refractivity contribution in [2.45, 2.75) is 38.3 Å². The molecule has 1 aromatic heterocycles. The molecule has 3 rings (SSSR count). The second-order valence-electron chi connectivity index (χ2n) is 5.63. The van der Waals surface area contributed by atoms with Gasteiger partial charge < -0.3 is 10.0 Å². The number of hydrogen-bond donors (Lipinski definition) is 1. The zero-order chi connectivity index (χ0) is 15.5. The van der Waals surface area contributed by atoms with Gasteiger partial charge in [0.2, 0.25) is 0 Å². The van der Waals surface area contributed by atoms with Gasteiger partial charge in [0.05, 0.1) is 18.1 Å². The van der Waals surface area contributed by atoms with Crippen LogP contribution in [0.25, 0.3) is 10.9 Å². The Labute approximate surface area is 128 Å². The number of rotatable bonds is 5. The van der Waals surface area contributed by atoms with E-state index in [1.54, 1.807) is 6.20 Å². The lowest BCUT2D eigenvalue weighted by Crippen LogP contribution is -2.31.